The molecular weight excluding hydrogens is 238 g/mol. The second kappa shape index (κ2) is 7.58. The van der Waals surface area contributed by atoms with E-state index in [1.807, 2.05) is 4.68 Å². The number of hydrogen-bond donors (Lipinski definition) is 1. The maximum absolute atomic E-state index is 4.20. The van der Waals surface area contributed by atoms with Gasteiger partial charge in [-0.2, -0.15) is 0 Å². The smallest absolute Gasteiger partial charge is 0.165 e. The Hall–Kier alpha value is -0.970. The molecule has 1 N–H and O–H groups in total. The van der Waals surface area contributed by atoms with Gasteiger partial charge in [-0.25, -0.2) is 4.68 Å². The molecule has 0 saturated carbocycles. The van der Waals surface area contributed by atoms with Crippen molar-refractivity contribution in [2.45, 2.75) is 84.8 Å². The highest BCUT2D eigenvalue weighted by Crippen LogP contribution is 2.21. The third kappa shape index (κ3) is 5.68. The van der Waals surface area contributed by atoms with Gasteiger partial charge in [-0.3, -0.25) is 0 Å². The number of rotatable bonds is 8. The average Bonchev–Trinajstić information content (AvgIpc) is 2.79. The fourth-order valence-electron chi connectivity index (χ4n) is 2.12. The van der Waals surface area contributed by atoms with Crippen LogP contribution in [0.2, 0.25) is 0 Å². The van der Waals surface area contributed by atoms with Crippen molar-refractivity contribution in [3.63, 3.8) is 0 Å². The van der Waals surface area contributed by atoms with E-state index in [4.69, 9.17) is 0 Å². The Balaban J connectivity index is 2.71. The van der Waals surface area contributed by atoms with Crippen LogP contribution in [-0.4, -0.2) is 25.7 Å². The third-order valence-electron chi connectivity index (χ3n) is 3.20. The van der Waals surface area contributed by atoms with Gasteiger partial charge in [-0.1, -0.05) is 33.1 Å². The molecule has 0 aromatic carbocycles. The summed E-state index contributed by atoms with van der Waals surface area (Å²) in [5.74, 6) is 0.949. The number of nitrogens with zero attached hydrogens (tertiary/aromatic N) is 4. The molecule has 1 unspecified atom stereocenters. The van der Waals surface area contributed by atoms with Gasteiger partial charge in [0.2, 0.25) is 0 Å². The SMILES string of the molecule is CCCCC(CCC)n1nnnc1CNC(C)(C)C. The van der Waals surface area contributed by atoms with E-state index in [0.29, 0.717) is 6.04 Å². The molecule has 0 aliphatic heterocycles. The van der Waals surface area contributed by atoms with Crippen LogP contribution in [0.5, 0.6) is 0 Å². The second-order valence-corrected chi connectivity index (χ2v) is 6.23. The molecule has 0 fully saturated rings. The van der Waals surface area contributed by atoms with Crippen LogP contribution >= 0.6 is 0 Å². The molecule has 1 aromatic heterocycles. The van der Waals surface area contributed by atoms with E-state index in [0.717, 1.165) is 25.2 Å². The van der Waals surface area contributed by atoms with Crippen molar-refractivity contribution in [1.82, 2.24) is 25.5 Å². The highest BCUT2D eigenvalue weighted by atomic mass is 15.6. The zero-order chi connectivity index (χ0) is 14.3. The minimum Gasteiger partial charge on any atom is -0.305 e. The predicted molar refractivity (Wildman–Crippen MR) is 77.9 cm³/mol. The normalized spacial score (nSPS) is 13.7. The molecule has 0 amide bonds. The fraction of sp³-hybridized carbons (Fsp3) is 0.929. The van der Waals surface area contributed by atoms with E-state index >= 15 is 0 Å². The molecule has 0 saturated heterocycles. The number of tetrazole rings is 1. The average molecular weight is 267 g/mol. The van der Waals surface area contributed by atoms with Crippen LogP contribution in [0.1, 0.15) is 78.6 Å². The molecule has 5 heteroatoms. The lowest BCUT2D eigenvalue weighted by atomic mass is 10.1. The molecule has 0 bridgehead atoms. The van der Waals surface area contributed by atoms with Crippen molar-refractivity contribution in [2.24, 2.45) is 0 Å². The van der Waals surface area contributed by atoms with Crippen molar-refractivity contribution in [3.05, 3.63) is 5.82 Å². The molecule has 0 spiro atoms. The van der Waals surface area contributed by atoms with Crippen molar-refractivity contribution in [2.75, 3.05) is 0 Å². The van der Waals surface area contributed by atoms with Gasteiger partial charge in [0.15, 0.2) is 5.82 Å². The first-order valence-corrected chi connectivity index (χ1v) is 7.49. The summed E-state index contributed by atoms with van der Waals surface area (Å²) in [4.78, 5) is 0. The summed E-state index contributed by atoms with van der Waals surface area (Å²) < 4.78 is 2.03. The predicted octanol–water partition coefficient (Wildman–Crippen LogP) is 3.09. The minimum absolute atomic E-state index is 0.0838. The van der Waals surface area contributed by atoms with Gasteiger partial charge in [0, 0.05) is 5.54 Å². The molecule has 1 heterocycles. The van der Waals surface area contributed by atoms with Crippen LogP contribution in [0.4, 0.5) is 0 Å². The second-order valence-electron chi connectivity index (χ2n) is 6.23. The first-order valence-electron chi connectivity index (χ1n) is 7.49. The minimum atomic E-state index is 0.0838. The van der Waals surface area contributed by atoms with Crippen LogP contribution in [-0.2, 0) is 6.54 Å². The summed E-state index contributed by atoms with van der Waals surface area (Å²) in [5, 5.41) is 15.7. The molecule has 0 aliphatic rings. The molecule has 0 aliphatic carbocycles. The lowest BCUT2D eigenvalue weighted by molar-refractivity contribution is 0.349. The van der Waals surface area contributed by atoms with Gasteiger partial charge in [-0.05, 0) is 44.0 Å². The summed E-state index contributed by atoms with van der Waals surface area (Å²) in [6.45, 7) is 11.6. The zero-order valence-electron chi connectivity index (χ0n) is 13.1. The van der Waals surface area contributed by atoms with Crippen LogP contribution in [0, 0.1) is 0 Å². The monoisotopic (exact) mass is 267 g/mol. The Morgan fingerprint density at radius 3 is 2.47 bits per heavy atom. The zero-order valence-corrected chi connectivity index (χ0v) is 13.1. The molecule has 1 aromatic rings. The Morgan fingerprint density at radius 2 is 1.89 bits per heavy atom. The molecule has 1 rings (SSSR count). The Labute approximate surface area is 117 Å². The standard InChI is InChI=1S/C14H29N5/c1-6-8-10-12(9-7-2)19-13(16-17-18-19)11-15-14(3,4)5/h12,15H,6-11H2,1-5H3. The van der Waals surface area contributed by atoms with E-state index < -0.39 is 0 Å². The highest BCUT2D eigenvalue weighted by molar-refractivity contribution is 4.86. The maximum Gasteiger partial charge on any atom is 0.165 e. The van der Waals surface area contributed by atoms with E-state index in [-0.39, 0.29) is 5.54 Å². The molecule has 1 atom stereocenters. The van der Waals surface area contributed by atoms with Gasteiger partial charge < -0.3 is 5.32 Å². The maximum atomic E-state index is 4.20. The number of nitrogens with one attached hydrogen (secondary N) is 1. The number of hydrogen-bond acceptors (Lipinski definition) is 4. The highest BCUT2D eigenvalue weighted by Gasteiger charge is 2.18. The van der Waals surface area contributed by atoms with E-state index in [1.165, 1.54) is 19.3 Å². The number of aromatic nitrogens is 4. The van der Waals surface area contributed by atoms with Crippen LogP contribution in [0.25, 0.3) is 0 Å². The summed E-state index contributed by atoms with van der Waals surface area (Å²) in [6.07, 6.45) is 5.93. The topological polar surface area (TPSA) is 55.6 Å². The molecule has 0 radical (unpaired) electrons. The molecule has 110 valence electrons. The first kappa shape index (κ1) is 16.1. The van der Waals surface area contributed by atoms with E-state index in [1.54, 1.807) is 0 Å². The first-order chi connectivity index (χ1) is 8.98. The molecule has 19 heavy (non-hydrogen) atoms. The summed E-state index contributed by atoms with van der Waals surface area (Å²) in [6, 6.07) is 0.441. The van der Waals surface area contributed by atoms with Crippen molar-refractivity contribution in [1.29, 1.82) is 0 Å². The van der Waals surface area contributed by atoms with Gasteiger partial charge in [0.05, 0.1) is 12.6 Å². The van der Waals surface area contributed by atoms with Crippen molar-refractivity contribution >= 4 is 0 Å². The van der Waals surface area contributed by atoms with Gasteiger partial charge in [-0.15, -0.1) is 5.10 Å². The Bertz CT molecular complexity index is 353. The van der Waals surface area contributed by atoms with Crippen LogP contribution < -0.4 is 5.32 Å². The Morgan fingerprint density at radius 1 is 1.16 bits per heavy atom. The lowest BCUT2D eigenvalue weighted by Crippen LogP contribution is -2.36. The van der Waals surface area contributed by atoms with Crippen molar-refractivity contribution < 1.29 is 0 Å². The van der Waals surface area contributed by atoms with Gasteiger partial charge in [0.1, 0.15) is 0 Å². The number of unbranched alkanes of at least 4 members (excludes halogenated alkanes) is 1. The summed E-state index contributed by atoms with van der Waals surface area (Å²) in [7, 11) is 0. The largest absolute Gasteiger partial charge is 0.305 e. The fourth-order valence-corrected chi connectivity index (χ4v) is 2.12. The quantitative estimate of drug-likeness (QED) is 0.786. The van der Waals surface area contributed by atoms with Gasteiger partial charge in [0.25, 0.3) is 0 Å². The van der Waals surface area contributed by atoms with Crippen LogP contribution in [0.3, 0.4) is 0 Å². The lowest BCUT2D eigenvalue weighted by Gasteiger charge is -2.22. The van der Waals surface area contributed by atoms with E-state index in [2.05, 4.69) is 55.5 Å². The summed E-state index contributed by atoms with van der Waals surface area (Å²) >= 11 is 0. The summed E-state index contributed by atoms with van der Waals surface area (Å²) in [5.41, 5.74) is 0.0838. The van der Waals surface area contributed by atoms with Crippen LogP contribution in [0.15, 0.2) is 0 Å². The van der Waals surface area contributed by atoms with Crippen molar-refractivity contribution in [3.8, 4) is 0 Å². The molecular formula is C14H29N5. The molecule has 5 nitrogen and oxygen atoms in total. The third-order valence-corrected chi connectivity index (χ3v) is 3.20. The van der Waals surface area contributed by atoms with E-state index in [9.17, 15) is 0 Å². The van der Waals surface area contributed by atoms with Gasteiger partial charge >= 0.3 is 0 Å². The Kier molecular flexibility index (Phi) is 6.42.